The lowest BCUT2D eigenvalue weighted by atomic mass is 10.2. The highest BCUT2D eigenvalue weighted by molar-refractivity contribution is 8.00. The first-order chi connectivity index (χ1) is 13.8. The Balaban J connectivity index is 1.61. The fraction of sp³-hybridized carbons (Fsp3) is 0.118. The average molecular weight is 415 g/mol. The van der Waals surface area contributed by atoms with E-state index in [1.807, 2.05) is 0 Å². The van der Waals surface area contributed by atoms with E-state index in [-0.39, 0.29) is 28.4 Å². The summed E-state index contributed by atoms with van der Waals surface area (Å²) in [5.74, 6) is -0.177. The van der Waals surface area contributed by atoms with Crippen molar-refractivity contribution in [1.29, 1.82) is 0 Å². The van der Waals surface area contributed by atoms with Gasteiger partial charge in [0, 0.05) is 35.5 Å². The number of carbonyl (C=O) groups excluding carboxylic acids is 1. The SMILES string of the molecule is C[C@@H](Sc1nnc(-c2ccc([N+](=O)[O-])cc2)o1)C(=O)Nc1ccc([N+](=O)[O-])cc1. The first-order valence-electron chi connectivity index (χ1n) is 8.14. The van der Waals surface area contributed by atoms with E-state index in [0.717, 1.165) is 11.8 Å². The largest absolute Gasteiger partial charge is 0.411 e. The van der Waals surface area contributed by atoms with Gasteiger partial charge in [0.1, 0.15) is 0 Å². The minimum absolute atomic E-state index is 0.0561. The molecule has 0 aliphatic rings. The standard InChI is InChI=1S/C17H13N5O6S/c1-10(15(23)18-12-4-8-14(9-5-12)22(26)27)29-17-20-19-16(28-17)11-2-6-13(7-3-11)21(24)25/h2-10H,1H3,(H,18,23)/t10-/m1/s1. The van der Waals surface area contributed by atoms with E-state index in [9.17, 15) is 25.0 Å². The Morgan fingerprint density at radius 1 is 1.00 bits per heavy atom. The summed E-state index contributed by atoms with van der Waals surface area (Å²) in [4.78, 5) is 32.6. The summed E-state index contributed by atoms with van der Waals surface area (Å²) in [7, 11) is 0. The molecule has 0 aliphatic heterocycles. The van der Waals surface area contributed by atoms with E-state index >= 15 is 0 Å². The number of rotatable bonds is 7. The molecular formula is C17H13N5O6S. The molecule has 11 nitrogen and oxygen atoms in total. The molecule has 0 fully saturated rings. The van der Waals surface area contributed by atoms with Crippen LogP contribution in [0.15, 0.2) is 58.2 Å². The molecule has 1 aromatic heterocycles. The molecule has 1 amide bonds. The number of thioether (sulfide) groups is 1. The first kappa shape index (κ1) is 19.9. The predicted octanol–water partition coefficient (Wildman–Crippen LogP) is 3.67. The monoisotopic (exact) mass is 415 g/mol. The molecule has 0 aliphatic carbocycles. The number of benzene rings is 2. The quantitative estimate of drug-likeness (QED) is 0.345. The molecule has 0 unspecified atom stereocenters. The van der Waals surface area contributed by atoms with Crippen molar-refractivity contribution >= 4 is 34.7 Å². The maximum atomic E-state index is 12.3. The number of carbonyl (C=O) groups is 1. The molecule has 12 heteroatoms. The molecule has 1 atom stereocenters. The number of nitro groups is 2. The molecule has 0 radical (unpaired) electrons. The number of amides is 1. The Hall–Kier alpha value is -3.80. The number of hydrogen-bond donors (Lipinski definition) is 1. The number of nitrogens with zero attached hydrogens (tertiary/aromatic N) is 4. The van der Waals surface area contributed by atoms with Gasteiger partial charge in [0.2, 0.25) is 11.8 Å². The number of nitro benzene ring substituents is 2. The second-order valence-corrected chi connectivity index (χ2v) is 7.02. The highest BCUT2D eigenvalue weighted by Crippen LogP contribution is 2.28. The lowest BCUT2D eigenvalue weighted by Crippen LogP contribution is -2.22. The summed E-state index contributed by atoms with van der Waals surface area (Å²) in [5, 5.41) is 31.3. The third kappa shape index (κ3) is 4.93. The van der Waals surface area contributed by atoms with Crippen LogP contribution in [0.25, 0.3) is 11.5 Å². The van der Waals surface area contributed by atoms with Gasteiger partial charge in [-0.3, -0.25) is 25.0 Å². The Kier molecular flexibility index (Phi) is 5.83. The van der Waals surface area contributed by atoms with E-state index in [0.29, 0.717) is 11.3 Å². The van der Waals surface area contributed by atoms with Crippen LogP contribution in [0.4, 0.5) is 17.1 Å². The third-order valence-electron chi connectivity index (χ3n) is 3.72. The van der Waals surface area contributed by atoms with Crippen molar-refractivity contribution in [2.75, 3.05) is 5.32 Å². The van der Waals surface area contributed by atoms with Gasteiger partial charge in [-0.1, -0.05) is 11.8 Å². The molecule has 0 saturated carbocycles. The van der Waals surface area contributed by atoms with Gasteiger partial charge in [-0.25, -0.2) is 0 Å². The summed E-state index contributed by atoms with van der Waals surface area (Å²) in [6, 6.07) is 11.1. The Morgan fingerprint density at radius 3 is 2.10 bits per heavy atom. The van der Waals surface area contributed by atoms with E-state index in [4.69, 9.17) is 4.42 Å². The molecule has 1 N–H and O–H groups in total. The summed E-state index contributed by atoms with van der Waals surface area (Å²) in [6.07, 6.45) is 0. The Labute approximate surface area is 167 Å². The van der Waals surface area contributed by atoms with Gasteiger partial charge in [-0.15, -0.1) is 10.2 Å². The minimum atomic E-state index is -0.588. The van der Waals surface area contributed by atoms with Crippen LogP contribution in [0, 0.1) is 20.2 Å². The Morgan fingerprint density at radius 2 is 1.55 bits per heavy atom. The topological polar surface area (TPSA) is 154 Å². The highest BCUT2D eigenvalue weighted by Gasteiger charge is 2.19. The molecule has 1 heterocycles. The third-order valence-corrected chi connectivity index (χ3v) is 4.66. The second-order valence-electron chi connectivity index (χ2n) is 5.73. The van der Waals surface area contributed by atoms with Crippen LogP contribution in [0.2, 0.25) is 0 Å². The van der Waals surface area contributed by atoms with E-state index < -0.39 is 15.1 Å². The van der Waals surface area contributed by atoms with Crippen LogP contribution in [-0.4, -0.2) is 31.2 Å². The van der Waals surface area contributed by atoms with Crippen LogP contribution in [0.5, 0.6) is 0 Å². The van der Waals surface area contributed by atoms with E-state index in [1.165, 1.54) is 48.5 Å². The van der Waals surface area contributed by atoms with Crippen molar-refractivity contribution in [1.82, 2.24) is 10.2 Å². The maximum Gasteiger partial charge on any atom is 0.277 e. The fourth-order valence-electron chi connectivity index (χ4n) is 2.21. The van der Waals surface area contributed by atoms with Crippen LogP contribution in [0.3, 0.4) is 0 Å². The number of nitrogens with one attached hydrogen (secondary N) is 1. The minimum Gasteiger partial charge on any atom is -0.411 e. The van der Waals surface area contributed by atoms with Crippen molar-refractivity contribution < 1.29 is 19.1 Å². The molecular weight excluding hydrogens is 402 g/mol. The first-order valence-corrected chi connectivity index (χ1v) is 9.02. The van der Waals surface area contributed by atoms with E-state index in [1.54, 1.807) is 6.92 Å². The Bertz CT molecular complexity index is 1050. The van der Waals surface area contributed by atoms with Gasteiger partial charge in [-0.2, -0.15) is 0 Å². The highest BCUT2D eigenvalue weighted by atomic mass is 32.2. The maximum absolute atomic E-state index is 12.3. The van der Waals surface area contributed by atoms with Crippen molar-refractivity contribution in [3.05, 3.63) is 68.8 Å². The van der Waals surface area contributed by atoms with Crippen LogP contribution in [0.1, 0.15) is 6.92 Å². The van der Waals surface area contributed by atoms with Gasteiger partial charge in [0.15, 0.2) is 0 Å². The van der Waals surface area contributed by atoms with E-state index in [2.05, 4.69) is 15.5 Å². The van der Waals surface area contributed by atoms with Gasteiger partial charge in [0.05, 0.1) is 15.1 Å². The number of aromatic nitrogens is 2. The van der Waals surface area contributed by atoms with Crippen molar-refractivity contribution in [2.24, 2.45) is 0 Å². The molecule has 3 rings (SSSR count). The average Bonchev–Trinajstić information content (AvgIpc) is 3.16. The fourth-order valence-corrected chi connectivity index (χ4v) is 2.90. The zero-order valence-electron chi connectivity index (χ0n) is 14.8. The molecule has 0 saturated heterocycles. The predicted molar refractivity (Wildman–Crippen MR) is 103 cm³/mol. The van der Waals surface area contributed by atoms with Crippen LogP contribution >= 0.6 is 11.8 Å². The summed E-state index contributed by atoms with van der Waals surface area (Å²) >= 11 is 1.03. The second kappa shape index (κ2) is 8.48. The smallest absolute Gasteiger partial charge is 0.277 e. The molecule has 29 heavy (non-hydrogen) atoms. The van der Waals surface area contributed by atoms with Crippen molar-refractivity contribution in [3.63, 3.8) is 0 Å². The number of hydrogen-bond acceptors (Lipinski definition) is 9. The summed E-state index contributed by atoms with van der Waals surface area (Å²) in [6.45, 7) is 1.64. The van der Waals surface area contributed by atoms with Crippen LogP contribution in [-0.2, 0) is 4.79 Å². The van der Waals surface area contributed by atoms with Crippen LogP contribution < -0.4 is 5.32 Å². The zero-order valence-corrected chi connectivity index (χ0v) is 15.7. The van der Waals surface area contributed by atoms with Gasteiger partial charge in [-0.05, 0) is 31.2 Å². The zero-order chi connectivity index (χ0) is 21.0. The van der Waals surface area contributed by atoms with Gasteiger partial charge < -0.3 is 9.73 Å². The number of non-ortho nitro benzene ring substituents is 2. The lowest BCUT2D eigenvalue weighted by Gasteiger charge is -2.09. The summed E-state index contributed by atoms with van der Waals surface area (Å²) in [5.41, 5.74) is 0.803. The number of anilines is 1. The molecule has 148 valence electrons. The molecule has 3 aromatic rings. The van der Waals surface area contributed by atoms with Crippen molar-refractivity contribution in [3.8, 4) is 11.5 Å². The van der Waals surface area contributed by atoms with Gasteiger partial charge in [0.25, 0.3) is 16.6 Å². The lowest BCUT2D eigenvalue weighted by molar-refractivity contribution is -0.385. The van der Waals surface area contributed by atoms with Gasteiger partial charge >= 0.3 is 0 Å². The normalized spacial score (nSPS) is 11.6. The molecule has 0 bridgehead atoms. The van der Waals surface area contributed by atoms with Crippen molar-refractivity contribution in [2.45, 2.75) is 17.4 Å². The summed E-state index contributed by atoms with van der Waals surface area (Å²) < 4.78 is 5.50. The molecule has 2 aromatic carbocycles. The molecule has 0 spiro atoms.